The molecule has 1 unspecified atom stereocenters. The summed E-state index contributed by atoms with van der Waals surface area (Å²) < 4.78 is 0. The van der Waals surface area contributed by atoms with Crippen LogP contribution in [0.5, 0.6) is 0 Å². The van der Waals surface area contributed by atoms with Crippen LogP contribution in [0.1, 0.15) is 45.2 Å². The summed E-state index contributed by atoms with van der Waals surface area (Å²) in [4.78, 5) is 14.6. The van der Waals surface area contributed by atoms with E-state index in [2.05, 4.69) is 63.9 Å². The number of likely N-dealkylation sites (N-methyl/N-ethyl adjacent to an activating group) is 2. The molecule has 1 rings (SSSR count). The molecule has 0 fully saturated rings. The number of hydrogen-bond donors (Lipinski definition) is 1. The zero-order chi connectivity index (χ0) is 18.3. The zero-order valence-corrected chi connectivity index (χ0v) is 16.3. The highest BCUT2D eigenvalue weighted by Crippen LogP contribution is 2.23. The van der Waals surface area contributed by atoms with E-state index in [9.17, 15) is 4.79 Å². The van der Waals surface area contributed by atoms with Gasteiger partial charge in [0.25, 0.3) is 0 Å². The van der Waals surface area contributed by atoms with Crippen molar-refractivity contribution in [3.63, 3.8) is 0 Å². The monoisotopic (exact) mass is 330 g/mol. The first kappa shape index (κ1) is 20.4. The van der Waals surface area contributed by atoms with E-state index >= 15 is 0 Å². The summed E-state index contributed by atoms with van der Waals surface area (Å²) >= 11 is 0. The summed E-state index contributed by atoms with van der Waals surface area (Å²) in [7, 11) is 1.87. The van der Waals surface area contributed by atoms with Crippen molar-refractivity contribution in [3.8, 4) is 0 Å². The predicted octanol–water partition coefficient (Wildman–Crippen LogP) is 3.97. The number of amides is 1. The Balaban J connectivity index is 2.70. The second kappa shape index (κ2) is 9.03. The lowest BCUT2D eigenvalue weighted by atomic mass is 9.88. The third-order valence-corrected chi connectivity index (χ3v) is 3.93. The lowest BCUT2D eigenvalue weighted by Crippen LogP contribution is -2.46. The van der Waals surface area contributed by atoms with Crippen molar-refractivity contribution in [2.75, 3.05) is 20.1 Å². The zero-order valence-electron chi connectivity index (χ0n) is 16.3. The van der Waals surface area contributed by atoms with Crippen LogP contribution in [0.3, 0.4) is 0 Å². The SMILES string of the molecule is C=C(CN(C)C(=O)C(Cc1ccc(C)cc1)NCC)CC(C)(C)C. The van der Waals surface area contributed by atoms with Crippen LogP contribution in [0.4, 0.5) is 0 Å². The van der Waals surface area contributed by atoms with Crippen LogP contribution in [-0.4, -0.2) is 37.0 Å². The number of aryl methyl sites for hydroxylation is 1. The van der Waals surface area contributed by atoms with Crippen LogP contribution in [0, 0.1) is 12.3 Å². The molecule has 0 saturated heterocycles. The maximum atomic E-state index is 12.8. The van der Waals surface area contributed by atoms with Gasteiger partial charge in [-0.05, 0) is 37.3 Å². The van der Waals surface area contributed by atoms with E-state index in [0.29, 0.717) is 13.0 Å². The molecule has 1 atom stereocenters. The summed E-state index contributed by atoms with van der Waals surface area (Å²) in [6.45, 7) is 16.2. The molecular weight excluding hydrogens is 296 g/mol. The standard InChI is InChI=1S/C21H34N2O/c1-8-22-19(13-18-11-9-16(2)10-12-18)20(24)23(7)15-17(3)14-21(4,5)6/h9-12,19,22H,3,8,13-15H2,1-2,4-7H3. The van der Waals surface area contributed by atoms with Crippen molar-refractivity contribution in [1.82, 2.24) is 10.2 Å². The van der Waals surface area contributed by atoms with E-state index in [0.717, 1.165) is 18.5 Å². The highest BCUT2D eigenvalue weighted by Gasteiger charge is 2.23. The van der Waals surface area contributed by atoms with Gasteiger partial charge in [0.2, 0.25) is 5.91 Å². The number of carbonyl (C=O) groups excluding carboxylic acids is 1. The topological polar surface area (TPSA) is 32.3 Å². The second-order valence-corrected chi connectivity index (χ2v) is 7.98. The third-order valence-electron chi connectivity index (χ3n) is 3.93. The minimum atomic E-state index is -0.190. The summed E-state index contributed by atoms with van der Waals surface area (Å²) in [5.74, 6) is 0.132. The number of rotatable bonds is 8. The maximum Gasteiger partial charge on any atom is 0.240 e. The van der Waals surface area contributed by atoms with E-state index in [4.69, 9.17) is 0 Å². The first-order valence-corrected chi connectivity index (χ1v) is 8.83. The van der Waals surface area contributed by atoms with Crippen molar-refractivity contribution >= 4 is 5.91 Å². The van der Waals surface area contributed by atoms with Gasteiger partial charge in [-0.15, -0.1) is 0 Å². The van der Waals surface area contributed by atoms with E-state index in [1.807, 2.05) is 14.0 Å². The van der Waals surface area contributed by atoms with E-state index in [1.54, 1.807) is 4.90 Å². The highest BCUT2D eigenvalue weighted by atomic mass is 16.2. The van der Waals surface area contributed by atoms with Gasteiger partial charge < -0.3 is 10.2 Å². The highest BCUT2D eigenvalue weighted by molar-refractivity contribution is 5.82. The predicted molar refractivity (Wildman–Crippen MR) is 103 cm³/mol. The molecule has 1 aromatic rings. The molecule has 24 heavy (non-hydrogen) atoms. The first-order valence-electron chi connectivity index (χ1n) is 8.83. The number of hydrogen-bond acceptors (Lipinski definition) is 2. The summed E-state index contributed by atoms with van der Waals surface area (Å²) in [5.41, 5.74) is 3.72. The lowest BCUT2D eigenvalue weighted by molar-refractivity contribution is -0.131. The Kier molecular flexibility index (Phi) is 7.68. The average Bonchev–Trinajstić information content (AvgIpc) is 2.46. The molecule has 1 N–H and O–H groups in total. The molecule has 0 aliphatic heterocycles. The van der Waals surface area contributed by atoms with E-state index < -0.39 is 0 Å². The number of carbonyl (C=O) groups is 1. The second-order valence-electron chi connectivity index (χ2n) is 7.98. The first-order chi connectivity index (χ1) is 11.1. The fourth-order valence-corrected chi connectivity index (χ4v) is 2.94. The van der Waals surface area contributed by atoms with Crippen LogP contribution < -0.4 is 5.32 Å². The van der Waals surface area contributed by atoms with Gasteiger partial charge in [-0.25, -0.2) is 0 Å². The molecule has 3 nitrogen and oxygen atoms in total. The van der Waals surface area contributed by atoms with Gasteiger partial charge in [-0.2, -0.15) is 0 Å². The van der Waals surface area contributed by atoms with E-state index in [1.165, 1.54) is 11.1 Å². The number of nitrogens with one attached hydrogen (secondary N) is 1. The van der Waals surface area contributed by atoms with Gasteiger partial charge in [0.05, 0.1) is 6.04 Å². The minimum Gasteiger partial charge on any atom is -0.340 e. The summed E-state index contributed by atoms with van der Waals surface area (Å²) in [5, 5.41) is 3.33. The molecule has 0 aliphatic carbocycles. The molecule has 134 valence electrons. The molecule has 0 saturated carbocycles. The van der Waals surface area contributed by atoms with Crippen molar-refractivity contribution in [3.05, 3.63) is 47.5 Å². The third kappa shape index (κ3) is 7.31. The molecular formula is C21H34N2O. The van der Waals surface area contributed by atoms with Gasteiger partial charge in [-0.1, -0.05) is 69.7 Å². The average molecular weight is 331 g/mol. The van der Waals surface area contributed by atoms with Crippen LogP contribution in [0.25, 0.3) is 0 Å². The van der Waals surface area contributed by atoms with Crippen molar-refractivity contribution < 1.29 is 4.79 Å². The molecule has 3 heteroatoms. The Hall–Kier alpha value is -1.61. The van der Waals surface area contributed by atoms with Crippen LogP contribution in [0.2, 0.25) is 0 Å². The van der Waals surface area contributed by atoms with Crippen molar-refractivity contribution in [2.24, 2.45) is 5.41 Å². The Labute approximate surface area is 148 Å². The number of nitrogens with zero attached hydrogens (tertiary/aromatic N) is 1. The molecule has 0 heterocycles. The fourth-order valence-electron chi connectivity index (χ4n) is 2.94. The molecule has 0 radical (unpaired) electrons. The van der Waals surface area contributed by atoms with Crippen LogP contribution in [0.15, 0.2) is 36.4 Å². The molecule has 0 aliphatic rings. The largest absolute Gasteiger partial charge is 0.340 e. The smallest absolute Gasteiger partial charge is 0.240 e. The summed E-state index contributed by atoms with van der Waals surface area (Å²) in [6, 6.07) is 8.21. The van der Waals surface area contributed by atoms with Crippen LogP contribution >= 0.6 is 0 Å². The molecule has 0 aromatic heterocycles. The van der Waals surface area contributed by atoms with Gasteiger partial charge in [-0.3, -0.25) is 4.79 Å². The van der Waals surface area contributed by atoms with E-state index in [-0.39, 0.29) is 17.4 Å². The lowest BCUT2D eigenvalue weighted by Gasteiger charge is -2.27. The summed E-state index contributed by atoms with van der Waals surface area (Å²) in [6.07, 6.45) is 1.64. The van der Waals surface area contributed by atoms with Crippen molar-refractivity contribution in [2.45, 2.75) is 53.5 Å². The molecule has 0 bridgehead atoms. The molecule has 0 spiro atoms. The van der Waals surface area contributed by atoms with Crippen LogP contribution in [-0.2, 0) is 11.2 Å². The molecule has 1 aromatic carbocycles. The number of benzene rings is 1. The van der Waals surface area contributed by atoms with Gasteiger partial charge in [0.15, 0.2) is 0 Å². The Bertz CT molecular complexity index is 540. The Morgan fingerprint density at radius 3 is 2.33 bits per heavy atom. The van der Waals surface area contributed by atoms with Gasteiger partial charge in [0.1, 0.15) is 0 Å². The Morgan fingerprint density at radius 1 is 1.25 bits per heavy atom. The van der Waals surface area contributed by atoms with Gasteiger partial charge in [0, 0.05) is 13.6 Å². The maximum absolute atomic E-state index is 12.8. The molecule has 1 amide bonds. The normalized spacial score (nSPS) is 12.8. The minimum absolute atomic E-state index is 0.132. The fraction of sp³-hybridized carbons (Fsp3) is 0.571. The quantitative estimate of drug-likeness (QED) is 0.732. The van der Waals surface area contributed by atoms with Gasteiger partial charge >= 0.3 is 0 Å². The van der Waals surface area contributed by atoms with Crippen molar-refractivity contribution in [1.29, 1.82) is 0 Å². The Morgan fingerprint density at radius 2 is 1.83 bits per heavy atom.